The highest BCUT2D eigenvalue weighted by Crippen LogP contribution is 2.37. The summed E-state index contributed by atoms with van der Waals surface area (Å²) in [6.45, 7) is 18.4. The number of hydrogen-bond donors (Lipinski definition) is 16. The Hall–Kier alpha value is -8.24. The molecule has 16 N–H and O–H groups in total. The summed E-state index contributed by atoms with van der Waals surface area (Å²) >= 11 is 0. The van der Waals surface area contributed by atoms with Crippen LogP contribution in [0.4, 0.5) is 0 Å². The first-order valence-corrected chi connectivity index (χ1v) is 30.5. The van der Waals surface area contributed by atoms with Crippen molar-refractivity contribution in [2.24, 2.45) is 0 Å². The fraction of sp³-hybridized carbons (Fsp3) is 0.360. The molecule has 0 spiro atoms. The fourth-order valence-corrected chi connectivity index (χ4v) is 10.7. The molecule has 0 bridgehead atoms. The number of phenols is 8. The molecule has 0 radical (unpaired) electrons. The summed E-state index contributed by atoms with van der Waals surface area (Å²) in [5, 5.41) is 154. The van der Waals surface area contributed by atoms with E-state index in [1.54, 1.807) is 76.6 Å². The van der Waals surface area contributed by atoms with Crippen molar-refractivity contribution in [1.82, 2.24) is 0 Å². The number of aromatic hydroxyl groups is 8. The van der Waals surface area contributed by atoms with Crippen LogP contribution < -0.4 is 0 Å². The summed E-state index contributed by atoms with van der Waals surface area (Å²) in [7, 11) is 3.28. The van der Waals surface area contributed by atoms with Crippen LogP contribution in [0.2, 0.25) is 0 Å². The number of benzene rings is 8. The topological polar surface area (TPSA) is 342 Å². The van der Waals surface area contributed by atoms with Gasteiger partial charge in [0.15, 0.2) is 0 Å². The van der Waals surface area contributed by atoms with Crippen LogP contribution in [0.15, 0.2) is 97.1 Å². The molecular weight excluding hydrogens is 1190 g/mol. The van der Waals surface area contributed by atoms with Crippen molar-refractivity contribution in [2.45, 2.75) is 166 Å². The molecule has 0 atom stereocenters. The third kappa shape index (κ3) is 20.9. The molecule has 0 heterocycles. The van der Waals surface area contributed by atoms with Crippen LogP contribution in [0.3, 0.4) is 0 Å². The summed E-state index contributed by atoms with van der Waals surface area (Å²) in [6.07, 6.45) is 2.62. The van der Waals surface area contributed by atoms with E-state index in [-0.39, 0.29) is 88.6 Å². The van der Waals surface area contributed by atoms with Gasteiger partial charge in [0.05, 0.1) is 66.1 Å². The number of methoxy groups -OCH3 is 2. The van der Waals surface area contributed by atoms with Gasteiger partial charge in [0.1, 0.15) is 46.0 Å². The number of aryl methyl sites for hydroxylation is 7. The smallest absolute Gasteiger partial charge is 0.126 e. The summed E-state index contributed by atoms with van der Waals surface area (Å²) in [5.41, 5.74) is 16.9. The largest absolute Gasteiger partial charge is 0.507 e. The van der Waals surface area contributed by atoms with Crippen molar-refractivity contribution < 1.29 is 91.2 Å². The fourth-order valence-electron chi connectivity index (χ4n) is 10.7. The zero-order chi connectivity index (χ0) is 69.6. The van der Waals surface area contributed by atoms with Crippen molar-refractivity contribution in [3.63, 3.8) is 0 Å². The first-order chi connectivity index (χ1) is 44.0. The monoisotopic (exact) mass is 1280 g/mol. The van der Waals surface area contributed by atoms with Gasteiger partial charge in [-0.05, 0) is 163 Å². The number of aliphatic hydroxyl groups excluding tert-OH is 8. The molecule has 0 fully saturated rings. The second kappa shape index (κ2) is 36.3. The molecule has 0 saturated heterocycles. The third-order valence-corrected chi connectivity index (χ3v) is 15.6. The maximum absolute atomic E-state index is 10.2. The summed E-state index contributed by atoms with van der Waals surface area (Å²) in [4.78, 5) is 0. The van der Waals surface area contributed by atoms with Gasteiger partial charge in [0.25, 0.3) is 0 Å². The molecular formula is C75H96O18. The van der Waals surface area contributed by atoms with Gasteiger partial charge >= 0.3 is 0 Å². The Bertz CT molecular complexity index is 3540. The molecule has 8 aromatic carbocycles. The van der Waals surface area contributed by atoms with E-state index >= 15 is 0 Å². The van der Waals surface area contributed by atoms with Crippen LogP contribution in [0.1, 0.15) is 157 Å². The van der Waals surface area contributed by atoms with E-state index in [9.17, 15) is 81.7 Å². The van der Waals surface area contributed by atoms with Crippen molar-refractivity contribution in [3.05, 3.63) is 219 Å². The van der Waals surface area contributed by atoms with E-state index in [4.69, 9.17) is 9.47 Å². The van der Waals surface area contributed by atoms with Gasteiger partial charge in [-0.2, -0.15) is 0 Å². The van der Waals surface area contributed by atoms with E-state index in [2.05, 4.69) is 33.8 Å². The Morgan fingerprint density at radius 2 is 0.538 bits per heavy atom. The van der Waals surface area contributed by atoms with Gasteiger partial charge in [0, 0.05) is 76.3 Å². The maximum Gasteiger partial charge on any atom is 0.126 e. The Morgan fingerprint density at radius 1 is 0.290 bits per heavy atom. The molecule has 8 rings (SSSR count). The van der Waals surface area contributed by atoms with E-state index in [1.165, 1.54) is 11.1 Å². The van der Waals surface area contributed by atoms with Crippen LogP contribution in [0.25, 0.3) is 11.1 Å². The van der Waals surface area contributed by atoms with Gasteiger partial charge in [-0.15, -0.1) is 0 Å². The van der Waals surface area contributed by atoms with Crippen LogP contribution >= 0.6 is 0 Å². The van der Waals surface area contributed by atoms with E-state index in [0.29, 0.717) is 82.1 Å². The highest BCUT2D eigenvalue weighted by Gasteiger charge is 2.20. The average Bonchev–Trinajstić information content (AvgIpc) is 1.04. The standard InChI is InChI=1S/2C17H20O4.C16H18O6.C14H22O2.C11H16O2/c1-10-3-12(6-14(8-18)16(10)20)5-13-4-11(2)17(21)15(7-13)9-19;1-10-3-12(16(20)14(5-10)8-18)7-13-4-11(2)6-15(9-19)17(13)21;17-5-11-1-9(2-12(6-18)15(11)21)10-3-13(7-19)16(22)14(4-10)8-20;1-6-10-7-12(14(2,3)4)8-11(9-16-5)13(10)15;1-4-9-5-8(2)6-10(7-13-3)11(9)12/h3-4,6-7,18-21H,5,8-9H2,1-2H3;3-6,18-21H,7-9H2,1-2H3;1-4,17-22H,5-8H2;7-8,15H,6,9H2,1-5H3;5-6,12H,4,7H2,1-3H3. The summed E-state index contributed by atoms with van der Waals surface area (Å²) < 4.78 is 10.1. The summed E-state index contributed by atoms with van der Waals surface area (Å²) in [6, 6.07) is 28.7. The van der Waals surface area contributed by atoms with Crippen LogP contribution in [-0.2, 0) is 107 Å². The molecule has 0 amide bonds. The van der Waals surface area contributed by atoms with Crippen molar-refractivity contribution in [1.29, 1.82) is 0 Å². The number of aliphatic hydroxyl groups is 8. The lowest BCUT2D eigenvalue weighted by Crippen LogP contribution is -2.12. The molecule has 93 heavy (non-hydrogen) atoms. The van der Waals surface area contributed by atoms with Crippen LogP contribution in [-0.4, -0.2) is 95.9 Å². The number of hydrogen-bond acceptors (Lipinski definition) is 18. The van der Waals surface area contributed by atoms with Gasteiger partial charge < -0.3 is 91.2 Å². The number of phenolic OH excluding ortho intramolecular Hbond substituents is 2. The molecule has 504 valence electrons. The Balaban J connectivity index is 0.000000251. The Morgan fingerprint density at radius 3 is 0.849 bits per heavy atom. The molecule has 0 aliphatic heterocycles. The predicted octanol–water partition coefficient (Wildman–Crippen LogP) is 11.1. The highest BCUT2D eigenvalue weighted by atomic mass is 16.5. The zero-order valence-electron chi connectivity index (χ0n) is 55.6. The van der Waals surface area contributed by atoms with Crippen molar-refractivity contribution >= 4 is 0 Å². The number of rotatable bonds is 19. The van der Waals surface area contributed by atoms with Gasteiger partial charge in [-0.1, -0.05) is 106 Å². The lowest BCUT2D eigenvalue weighted by atomic mass is 9.84. The van der Waals surface area contributed by atoms with E-state index in [1.807, 2.05) is 70.2 Å². The molecule has 18 heteroatoms. The molecule has 0 saturated carbocycles. The van der Waals surface area contributed by atoms with Gasteiger partial charge in [0.2, 0.25) is 0 Å². The van der Waals surface area contributed by atoms with Crippen molar-refractivity contribution in [3.8, 4) is 57.1 Å². The lowest BCUT2D eigenvalue weighted by Gasteiger charge is -2.22. The predicted molar refractivity (Wildman–Crippen MR) is 359 cm³/mol. The van der Waals surface area contributed by atoms with E-state index < -0.39 is 26.4 Å². The second-order valence-electron chi connectivity index (χ2n) is 24.0. The normalized spacial score (nSPS) is 11.0. The summed E-state index contributed by atoms with van der Waals surface area (Å²) in [5.74, 6) is 0.782. The van der Waals surface area contributed by atoms with Gasteiger partial charge in [-0.3, -0.25) is 0 Å². The molecule has 18 nitrogen and oxygen atoms in total. The lowest BCUT2D eigenvalue weighted by molar-refractivity contribution is 0.181. The minimum Gasteiger partial charge on any atom is -0.507 e. The number of ether oxygens (including phenoxy) is 2. The SMILES string of the molecule is CCc1cc(C(C)(C)C)cc(COC)c1O.CCc1cc(C)cc(COC)c1O.Cc1cc(CO)c(O)c(Cc2cc(C)cc(CO)c2O)c1.Cc1cc(Cc2cc(C)c(O)c(CO)c2)cc(CO)c1O.OCc1cc(-c2cc(CO)c(O)c(CO)c2)cc(CO)c1O. The van der Waals surface area contributed by atoms with E-state index in [0.717, 1.165) is 68.5 Å². The highest BCUT2D eigenvalue weighted by molar-refractivity contribution is 5.70. The second-order valence-corrected chi connectivity index (χ2v) is 24.0. The molecule has 8 aromatic rings. The first kappa shape index (κ1) is 77.2. The molecule has 0 aromatic heterocycles. The molecule has 0 aliphatic rings. The Labute approximate surface area is 546 Å². The minimum absolute atomic E-state index is 0.0505. The van der Waals surface area contributed by atoms with Crippen LogP contribution in [0, 0.1) is 34.6 Å². The third-order valence-electron chi connectivity index (χ3n) is 15.6. The Kier molecular flexibility index (Phi) is 30.1. The average molecular weight is 1290 g/mol. The van der Waals surface area contributed by atoms with Crippen LogP contribution in [0.5, 0.6) is 46.0 Å². The quantitative estimate of drug-likeness (QED) is 0.0358. The first-order valence-electron chi connectivity index (χ1n) is 30.5. The zero-order valence-corrected chi connectivity index (χ0v) is 55.6. The van der Waals surface area contributed by atoms with Gasteiger partial charge in [-0.25, -0.2) is 0 Å². The van der Waals surface area contributed by atoms with Crippen molar-refractivity contribution in [2.75, 3.05) is 14.2 Å². The molecule has 0 unspecified atom stereocenters. The molecule has 0 aliphatic carbocycles. The minimum atomic E-state index is -0.398. The maximum atomic E-state index is 10.2.